The first-order chi connectivity index (χ1) is 8.56. The van der Waals surface area contributed by atoms with Crippen molar-refractivity contribution in [1.82, 2.24) is 4.98 Å². The van der Waals surface area contributed by atoms with Gasteiger partial charge in [-0.05, 0) is 42.7 Å². The molecule has 2 nitrogen and oxygen atoms in total. The van der Waals surface area contributed by atoms with E-state index in [9.17, 15) is 4.39 Å². The number of nitrogens with one attached hydrogen (secondary N) is 1. The summed E-state index contributed by atoms with van der Waals surface area (Å²) in [5.41, 5.74) is 0. The lowest BCUT2D eigenvalue weighted by atomic mass is 9.74. The maximum Gasteiger partial charge on any atom is 0.214 e. The molecule has 0 amide bonds. The molecule has 0 bridgehead atoms. The quantitative estimate of drug-likeness (QED) is 0.817. The summed E-state index contributed by atoms with van der Waals surface area (Å²) in [4.78, 5) is 3.91. The fourth-order valence-electron chi connectivity index (χ4n) is 3.05. The Morgan fingerprint density at radius 1 is 1.33 bits per heavy atom. The number of aromatic nitrogens is 1. The van der Waals surface area contributed by atoms with Crippen LogP contribution in [-0.4, -0.2) is 11.0 Å². The molecule has 0 aromatic carbocycles. The van der Waals surface area contributed by atoms with Crippen molar-refractivity contribution in [2.45, 2.75) is 46.1 Å². The van der Waals surface area contributed by atoms with Gasteiger partial charge in [0.25, 0.3) is 0 Å². The molecule has 2 rings (SSSR count). The third-order valence-corrected chi connectivity index (χ3v) is 4.07. The average molecular weight is 250 g/mol. The molecule has 1 aromatic rings. The van der Waals surface area contributed by atoms with Gasteiger partial charge in [-0.2, -0.15) is 4.39 Å². The molecule has 1 aliphatic carbocycles. The first-order valence-electron chi connectivity index (χ1n) is 6.95. The lowest BCUT2D eigenvalue weighted by Gasteiger charge is -2.38. The Morgan fingerprint density at radius 2 is 2.11 bits per heavy atom. The highest BCUT2D eigenvalue weighted by Gasteiger charge is 2.30. The Hall–Kier alpha value is -1.12. The van der Waals surface area contributed by atoms with Gasteiger partial charge in [-0.15, -0.1) is 0 Å². The highest BCUT2D eigenvalue weighted by Crippen LogP contribution is 2.34. The van der Waals surface area contributed by atoms with E-state index in [-0.39, 0.29) is 0 Å². The molecule has 1 aliphatic rings. The molecule has 1 aromatic heterocycles. The van der Waals surface area contributed by atoms with Crippen molar-refractivity contribution in [3.63, 3.8) is 0 Å². The van der Waals surface area contributed by atoms with Crippen LogP contribution in [0.4, 0.5) is 10.2 Å². The molecule has 0 spiro atoms. The van der Waals surface area contributed by atoms with Crippen molar-refractivity contribution >= 4 is 5.82 Å². The van der Waals surface area contributed by atoms with Crippen LogP contribution in [0, 0.1) is 23.7 Å². The normalized spacial score (nSPS) is 28.4. The lowest BCUT2D eigenvalue weighted by molar-refractivity contribution is 0.211. The van der Waals surface area contributed by atoms with Gasteiger partial charge in [-0.3, -0.25) is 0 Å². The zero-order valence-corrected chi connectivity index (χ0v) is 11.5. The number of halogens is 1. The molecule has 1 saturated carbocycles. The fourth-order valence-corrected chi connectivity index (χ4v) is 3.05. The highest BCUT2D eigenvalue weighted by molar-refractivity contribution is 5.35. The van der Waals surface area contributed by atoms with Gasteiger partial charge in [0.15, 0.2) is 0 Å². The van der Waals surface area contributed by atoms with Crippen molar-refractivity contribution in [1.29, 1.82) is 0 Å². The summed E-state index contributed by atoms with van der Waals surface area (Å²) in [6, 6.07) is 5.36. The van der Waals surface area contributed by atoms with Gasteiger partial charge in [-0.25, -0.2) is 4.98 Å². The van der Waals surface area contributed by atoms with Crippen LogP contribution in [-0.2, 0) is 0 Å². The van der Waals surface area contributed by atoms with Gasteiger partial charge >= 0.3 is 0 Å². The van der Waals surface area contributed by atoms with E-state index in [1.54, 1.807) is 6.07 Å². The number of nitrogens with zero attached hydrogens (tertiary/aromatic N) is 1. The number of rotatable bonds is 3. The predicted molar refractivity (Wildman–Crippen MR) is 72.9 cm³/mol. The van der Waals surface area contributed by atoms with Gasteiger partial charge in [0, 0.05) is 6.04 Å². The third kappa shape index (κ3) is 3.21. The summed E-state index contributed by atoms with van der Waals surface area (Å²) in [7, 11) is 0. The summed E-state index contributed by atoms with van der Waals surface area (Å²) in [6.07, 6.45) is 3.71. The molecule has 1 N–H and O–H groups in total. The zero-order valence-electron chi connectivity index (χ0n) is 11.5. The predicted octanol–water partition coefficient (Wildman–Crippen LogP) is 4.09. The molecule has 1 fully saturated rings. The van der Waals surface area contributed by atoms with E-state index in [0.717, 1.165) is 12.3 Å². The minimum Gasteiger partial charge on any atom is -0.367 e. The van der Waals surface area contributed by atoms with E-state index in [4.69, 9.17) is 0 Å². The van der Waals surface area contributed by atoms with Crippen LogP contribution in [0.1, 0.15) is 40.0 Å². The van der Waals surface area contributed by atoms with Crippen molar-refractivity contribution in [3.8, 4) is 0 Å². The van der Waals surface area contributed by atoms with Crippen LogP contribution in [0.3, 0.4) is 0 Å². The molecular weight excluding hydrogens is 227 g/mol. The molecule has 18 heavy (non-hydrogen) atoms. The van der Waals surface area contributed by atoms with Crippen molar-refractivity contribution in [2.24, 2.45) is 17.8 Å². The van der Waals surface area contributed by atoms with Gasteiger partial charge < -0.3 is 5.32 Å². The molecule has 3 heteroatoms. The fraction of sp³-hybridized carbons (Fsp3) is 0.667. The lowest BCUT2D eigenvalue weighted by Crippen LogP contribution is -2.38. The largest absolute Gasteiger partial charge is 0.367 e. The Balaban J connectivity index is 2.08. The maximum atomic E-state index is 13.1. The standard InChI is InChI=1S/C15H23FN2/c1-10(2)12-8-7-11(3)9-13(12)17-15-6-4-5-14(16)18-15/h4-6,10-13H,7-9H2,1-3H3,(H,17,18). The monoisotopic (exact) mass is 250 g/mol. The van der Waals surface area contributed by atoms with E-state index in [0.29, 0.717) is 23.7 Å². The van der Waals surface area contributed by atoms with E-state index in [1.807, 2.05) is 6.07 Å². The van der Waals surface area contributed by atoms with Gasteiger partial charge in [-0.1, -0.05) is 33.3 Å². The summed E-state index contributed by atoms with van der Waals surface area (Å²) in [6.45, 7) is 6.84. The molecule has 0 radical (unpaired) electrons. The van der Waals surface area contributed by atoms with Crippen LogP contribution >= 0.6 is 0 Å². The topological polar surface area (TPSA) is 24.9 Å². The van der Waals surface area contributed by atoms with E-state index < -0.39 is 5.95 Å². The maximum absolute atomic E-state index is 13.1. The molecular formula is C15H23FN2. The third-order valence-electron chi connectivity index (χ3n) is 4.07. The van der Waals surface area contributed by atoms with Gasteiger partial charge in [0.05, 0.1) is 0 Å². The molecule has 0 saturated heterocycles. The van der Waals surface area contributed by atoms with Crippen LogP contribution in [0.5, 0.6) is 0 Å². The molecule has 0 aliphatic heterocycles. The van der Waals surface area contributed by atoms with Crippen molar-refractivity contribution in [2.75, 3.05) is 5.32 Å². The van der Waals surface area contributed by atoms with E-state index >= 15 is 0 Å². The Labute approximate surface area is 109 Å². The van der Waals surface area contributed by atoms with Crippen molar-refractivity contribution < 1.29 is 4.39 Å². The average Bonchev–Trinajstić information content (AvgIpc) is 2.28. The summed E-state index contributed by atoms with van der Waals surface area (Å²) in [5.74, 6) is 2.31. The minimum atomic E-state index is -0.412. The van der Waals surface area contributed by atoms with E-state index in [1.165, 1.54) is 18.9 Å². The minimum absolute atomic E-state index is 0.412. The van der Waals surface area contributed by atoms with Crippen LogP contribution in [0.15, 0.2) is 18.2 Å². The highest BCUT2D eigenvalue weighted by atomic mass is 19.1. The number of anilines is 1. The van der Waals surface area contributed by atoms with Crippen LogP contribution < -0.4 is 5.32 Å². The van der Waals surface area contributed by atoms with Crippen molar-refractivity contribution in [3.05, 3.63) is 24.1 Å². The summed E-state index contributed by atoms with van der Waals surface area (Å²) >= 11 is 0. The Kier molecular flexibility index (Phi) is 4.20. The zero-order chi connectivity index (χ0) is 13.1. The Morgan fingerprint density at radius 3 is 2.78 bits per heavy atom. The smallest absolute Gasteiger partial charge is 0.214 e. The summed E-state index contributed by atoms with van der Waals surface area (Å²) in [5, 5.41) is 3.43. The molecule has 3 unspecified atom stereocenters. The van der Waals surface area contributed by atoms with Crippen LogP contribution in [0.25, 0.3) is 0 Å². The number of hydrogen-bond acceptors (Lipinski definition) is 2. The SMILES string of the molecule is CC1CCC(C(C)C)C(Nc2cccc(F)n2)C1. The van der Waals surface area contributed by atoms with E-state index in [2.05, 4.69) is 31.1 Å². The molecule has 100 valence electrons. The second kappa shape index (κ2) is 5.68. The Bertz CT molecular complexity index is 392. The number of pyridine rings is 1. The second-order valence-electron chi connectivity index (χ2n) is 5.92. The summed E-state index contributed by atoms with van der Waals surface area (Å²) < 4.78 is 13.1. The van der Waals surface area contributed by atoms with Gasteiger partial charge in [0.1, 0.15) is 5.82 Å². The first kappa shape index (κ1) is 13.3. The molecule has 1 heterocycles. The number of hydrogen-bond donors (Lipinski definition) is 1. The first-order valence-corrected chi connectivity index (χ1v) is 6.95. The van der Waals surface area contributed by atoms with Crippen LogP contribution in [0.2, 0.25) is 0 Å². The second-order valence-corrected chi connectivity index (χ2v) is 5.92. The molecule has 3 atom stereocenters. The van der Waals surface area contributed by atoms with Gasteiger partial charge in [0.2, 0.25) is 5.95 Å².